The highest BCUT2D eigenvalue weighted by molar-refractivity contribution is 5.83. The Hall–Kier alpha value is -3.06. The molecule has 2 aromatic carbocycles. The molecule has 0 radical (unpaired) electrons. The Morgan fingerprint density at radius 2 is 1.73 bits per heavy atom. The Morgan fingerprint density at radius 1 is 1.07 bits per heavy atom. The maximum Gasteiger partial charge on any atom is 0.244 e. The van der Waals surface area contributed by atoms with Gasteiger partial charge in [0, 0.05) is 13.1 Å². The van der Waals surface area contributed by atoms with Crippen LogP contribution in [0, 0.1) is 5.92 Å². The molecule has 2 heterocycles. The summed E-state index contributed by atoms with van der Waals surface area (Å²) in [6.45, 7) is 4.89. The molecule has 1 aliphatic heterocycles. The molecule has 7 heteroatoms. The minimum Gasteiger partial charge on any atom is -0.341 e. The van der Waals surface area contributed by atoms with Crippen LogP contribution >= 0.6 is 0 Å². The zero-order valence-electron chi connectivity index (χ0n) is 17.3. The monoisotopic (exact) mass is 404 g/mol. The van der Waals surface area contributed by atoms with Gasteiger partial charge in [-0.05, 0) is 40.3 Å². The van der Waals surface area contributed by atoms with Crippen LogP contribution < -0.4 is 5.32 Å². The van der Waals surface area contributed by atoms with Crippen LogP contribution in [0.4, 0.5) is 0 Å². The summed E-state index contributed by atoms with van der Waals surface area (Å²) < 4.78 is 1.78. The molecular formula is C23H28N6O. The maximum atomic E-state index is 13.3. The summed E-state index contributed by atoms with van der Waals surface area (Å²) >= 11 is 0. The van der Waals surface area contributed by atoms with Gasteiger partial charge in [-0.15, -0.1) is 5.10 Å². The average molecular weight is 405 g/mol. The van der Waals surface area contributed by atoms with Crippen molar-refractivity contribution in [3.63, 3.8) is 0 Å². The molecule has 1 amide bonds. The van der Waals surface area contributed by atoms with E-state index < -0.39 is 6.04 Å². The summed E-state index contributed by atoms with van der Waals surface area (Å²) in [6.07, 6.45) is 2.12. The third-order valence-corrected chi connectivity index (χ3v) is 5.72. The molecule has 1 N–H and O–H groups in total. The topological polar surface area (TPSA) is 75.9 Å². The van der Waals surface area contributed by atoms with Crippen LogP contribution in [0.3, 0.4) is 0 Å². The first-order valence-corrected chi connectivity index (χ1v) is 10.6. The Balaban J connectivity index is 1.48. The quantitative estimate of drug-likeness (QED) is 0.655. The number of rotatable bonds is 7. The van der Waals surface area contributed by atoms with Crippen LogP contribution in [0.2, 0.25) is 0 Å². The van der Waals surface area contributed by atoms with Crippen LogP contribution in [0.25, 0.3) is 0 Å². The highest BCUT2D eigenvalue weighted by atomic mass is 16.2. The first-order valence-electron chi connectivity index (χ1n) is 10.6. The number of hydrogen-bond acceptors (Lipinski definition) is 5. The van der Waals surface area contributed by atoms with E-state index in [1.165, 1.54) is 0 Å². The molecule has 1 saturated heterocycles. The van der Waals surface area contributed by atoms with Crippen LogP contribution in [-0.2, 0) is 17.9 Å². The van der Waals surface area contributed by atoms with E-state index in [0.717, 1.165) is 37.1 Å². The fraction of sp³-hybridized carbons (Fsp3) is 0.391. The lowest BCUT2D eigenvalue weighted by atomic mass is 9.97. The summed E-state index contributed by atoms with van der Waals surface area (Å²) in [6, 6.07) is 19.6. The van der Waals surface area contributed by atoms with E-state index in [2.05, 4.69) is 27.8 Å². The molecule has 7 nitrogen and oxygen atoms in total. The molecular weight excluding hydrogens is 376 g/mol. The number of tetrazole rings is 1. The van der Waals surface area contributed by atoms with Gasteiger partial charge in [-0.3, -0.25) is 10.1 Å². The van der Waals surface area contributed by atoms with Gasteiger partial charge in [0.15, 0.2) is 5.82 Å². The lowest BCUT2D eigenvalue weighted by molar-refractivity contribution is -0.135. The number of carbonyl (C=O) groups excluding carboxylic acids is 1. The van der Waals surface area contributed by atoms with Crippen LogP contribution in [-0.4, -0.2) is 44.1 Å². The minimum atomic E-state index is -0.415. The van der Waals surface area contributed by atoms with Gasteiger partial charge in [0.2, 0.25) is 5.91 Å². The zero-order valence-corrected chi connectivity index (χ0v) is 17.3. The van der Waals surface area contributed by atoms with Gasteiger partial charge in [0.1, 0.15) is 6.04 Å². The van der Waals surface area contributed by atoms with E-state index in [4.69, 9.17) is 0 Å². The fourth-order valence-electron chi connectivity index (χ4n) is 3.83. The molecule has 0 spiro atoms. The number of aromatic nitrogens is 4. The maximum absolute atomic E-state index is 13.3. The second kappa shape index (κ2) is 9.63. The highest BCUT2D eigenvalue weighted by Crippen LogP contribution is 2.22. The van der Waals surface area contributed by atoms with Crippen LogP contribution in [0.1, 0.15) is 42.8 Å². The molecule has 30 heavy (non-hydrogen) atoms. The zero-order chi connectivity index (χ0) is 20.8. The van der Waals surface area contributed by atoms with Crippen molar-refractivity contribution in [2.24, 2.45) is 5.92 Å². The van der Waals surface area contributed by atoms with Gasteiger partial charge in [-0.25, -0.2) is 4.68 Å². The summed E-state index contributed by atoms with van der Waals surface area (Å²) in [7, 11) is 0. The van der Waals surface area contributed by atoms with Crippen molar-refractivity contribution in [2.75, 3.05) is 13.1 Å². The Labute approximate surface area is 177 Å². The van der Waals surface area contributed by atoms with Gasteiger partial charge >= 0.3 is 0 Å². The highest BCUT2D eigenvalue weighted by Gasteiger charge is 2.28. The fourth-order valence-corrected chi connectivity index (χ4v) is 3.83. The van der Waals surface area contributed by atoms with Crippen molar-refractivity contribution >= 4 is 5.91 Å². The summed E-state index contributed by atoms with van der Waals surface area (Å²) in [4.78, 5) is 15.3. The molecule has 0 aliphatic carbocycles. The third kappa shape index (κ3) is 4.91. The number of benzene rings is 2. The molecule has 0 bridgehead atoms. The van der Waals surface area contributed by atoms with Crippen molar-refractivity contribution in [2.45, 2.75) is 38.9 Å². The van der Waals surface area contributed by atoms with Crippen molar-refractivity contribution in [3.05, 3.63) is 77.6 Å². The Kier molecular flexibility index (Phi) is 6.49. The normalized spacial score (nSPS) is 15.8. The van der Waals surface area contributed by atoms with E-state index in [1.54, 1.807) is 4.68 Å². The molecule has 1 atom stereocenters. The molecule has 0 saturated carbocycles. The van der Waals surface area contributed by atoms with Crippen molar-refractivity contribution < 1.29 is 4.79 Å². The van der Waals surface area contributed by atoms with Gasteiger partial charge in [-0.2, -0.15) is 0 Å². The SMILES string of the molecule is CC1CCN(C(=O)[C@H](NCc2nnnn2Cc2ccccc2)c2ccccc2)CC1. The summed E-state index contributed by atoms with van der Waals surface area (Å²) in [5, 5.41) is 15.6. The molecule has 1 fully saturated rings. The predicted molar refractivity (Wildman–Crippen MR) is 114 cm³/mol. The van der Waals surface area contributed by atoms with Crippen molar-refractivity contribution in [1.29, 1.82) is 0 Å². The predicted octanol–water partition coefficient (Wildman–Crippen LogP) is 2.81. The summed E-state index contributed by atoms with van der Waals surface area (Å²) in [5.74, 6) is 1.51. The molecule has 0 unspecified atom stereocenters. The Morgan fingerprint density at radius 3 is 2.43 bits per heavy atom. The van der Waals surface area contributed by atoms with Gasteiger partial charge in [0.05, 0.1) is 13.1 Å². The number of amides is 1. The standard InChI is InChI=1S/C23H28N6O/c1-18-12-14-28(15-13-18)23(30)22(20-10-6-3-7-11-20)24-16-21-25-26-27-29(21)17-19-8-4-2-5-9-19/h2-11,18,22,24H,12-17H2,1H3/t22-/m1/s1. The van der Waals surface area contributed by atoms with Gasteiger partial charge < -0.3 is 4.90 Å². The Bertz CT molecular complexity index is 935. The van der Waals surface area contributed by atoms with Crippen molar-refractivity contribution in [1.82, 2.24) is 30.4 Å². The average Bonchev–Trinajstić information content (AvgIpc) is 3.22. The summed E-state index contributed by atoms with van der Waals surface area (Å²) in [5.41, 5.74) is 2.09. The van der Waals surface area contributed by atoms with Crippen LogP contribution in [0.15, 0.2) is 60.7 Å². The van der Waals surface area contributed by atoms with E-state index in [0.29, 0.717) is 24.8 Å². The lowest BCUT2D eigenvalue weighted by Gasteiger charge is -2.33. The molecule has 156 valence electrons. The second-order valence-corrected chi connectivity index (χ2v) is 7.97. The number of piperidine rings is 1. The number of nitrogens with one attached hydrogen (secondary N) is 1. The van der Waals surface area contributed by atoms with E-state index >= 15 is 0 Å². The molecule has 1 aromatic heterocycles. The van der Waals surface area contributed by atoms with Gasteiger partial charge in [-0.1, -0.05) is 67.6 Å². The number of carbonyl (C=O) groups is 1. The largest absolute Gasteiger partial charge is 0.341 e. The number of nitrogens with zero attached hydrogens (tertiary/aromatic N) is 5. The second-order valence-electron chi connectivity index (χ2n) is 7.97. The first kappa shape index (κ1) is 20.2. The molecule has 4 rings (SSSR count). The van der Waals surface area contributed by atoms with E-state index in [-0.39, 0.29) is 5.91 Å². The lowest BCUT2D eigenvalue weighted by Crippen LogP contribution is -2.44. The van der Waals surface area contributed by atoms with Crippen molar-refractivity contribution in [3.8, 4) is 0 Å². The third-order valence-electron chi connectivity index (χ3n) is 5.72. The number of hydrogen-bond donors (Lipinski definition) is 1. The first-order chi connectivity index (χ1) is 14.7. The van der Waals surface area contributed by atoms with E-state index in [9.17, 15) is 4.79 Å². The van der Waals surface area contributed by atoms with Crippen LogP contribution in [0.5, 0.6) is 0 Å². The van der Waals surface area contributed by atoms with E-state index in [1.807, 2.05) is 65.6 Å². The smallest absolute Gasteiger partial charge is 0.244 e. The minimum absolute atomic E-state index is 0.121. The molecule has 1 aliphatic rings. The number of likely N-dealkylation sites (tertiary alicyclic amines) is 1. The molecule has 3 aromatic rings. The van der Waals surface area contributed by atoms with Gasteiger partial charge in [0.25, 0.3) is 0 Å².